The molecule has 0 saturated heterocycles. The Kier molecular flexibility index (Phi) is 5.55. The molecule has 0 atom stereocenters. The molecule has 3 aromatic carbocycles. The van der Waals surface area contributed by atoms with Crippen LogP contribution >= 0.6 is 11.6 Å². The molecule has 0 radical (unpaired) electrons. The molecule has 0 aliphatic carbocycles. The van der Waals surface area contributed by atoms with Crippen molar-refractivity contribution in [3.63, 3.8) is 0 Å². The van der Waals surface area contributed by atoms with E-state index >= 15 is 0 Å². The Labute approximate surface area is 179 Å². The zero-order valence-corrected chi connectivity index (χ0v) is 17.0. The molecule has 2 amide bonds. The minimum atomic E-state index is -0.403. The first-order valence-electron chi connectivity index (χ1n) is 9.43. The molecule has 0 fully saturated rings. The third-order valence-electron chi connectivity index (χ3n) is 4.66. The van der Waals surface area contributed by atoms with Crippen LogP contribution in [0.2, 0.25) is 5.02 Å². The lowest BCUT2D eigenvalue weighted by molar-refractivity contribution is -0.115. The first kappa shape index (κ1) is 19.7. The number of amides is 2. The van der Waals surface area contributed by atoms with Gasteiger partial charge >= 0.3 is 0 Å². The maximum absolute atomic E-state index is 12.5. The van der Waals surface area contributed by atoms with E-state index in [0.717, 1.165) is 11.1 Å². The lowest BCUT2D eigenvalue weighted by Gasteiger charge is -2.20. The third kappa shape index (κ3) is 4.36. The summed E-state index contributed by atoms with van der Waals surface area (Å²) in [7, 11) is 0. The van der Waals surface area contributed by atoms with Gasteiger partial charge in [0.25, 0.3) is 11.8 Å². The predicted octanol–water partition coefficient (Wildman–Crippen LogP) is 4.95. The second-order valence-corrected chi connectivity index (χ2v) is 7.38. The summed E-state index contributed by atoms with van der Waals surface area (Å²) >= 11 is 6.15. The zero-order chi connectivity index (χ0) is 21.1. The lowest BCUT2D eigenvalue weighted by atomic mass is 10.1. The van der Waals surface area contributed by atoms with Gasteiger partial charge in [-0.3, -0.25) is 9.59 Å². The number of anilines is 1. The van der Waals surface area contributed by atoms with Gasteiger partial charge in [-0.05, 0) is 48.4 Å². The van der Waals surface area contributed by atoms with E-state index in [2.05, 4.69) is 10.6 Å². The van der Waals surface area contributed by atoms with Crippen LogP contribution < -0.4 is 15.4 Å². The number of hydrogen-bond acceptors (Lipinski definition) is 3. The van der Waals surface area contributed by atoms with Crippen LogP contribution in [0.3, 0.4) is 0 Å². The number of halogens is 1. The zero-order valence-electron chi connectivity index (χ0n) is 16.2. The van der Waals surface area contributed by atoms with Crippen molar-refractivity contribution in [2.75, 3.05) is 5.32 Å². The Balaban J connectivity index is 1.49. The Bertz CT molecular complexity index is 1170. The van der Waals surface area contributed by atoms with Crippen molar-refractivity contribution in [1.82, 2.24) is 5.32 Å². The first-order chi connectivity index (χ1) is 14.5. The monoisotopic (exact) mass is 418 g/mol. The number of ether oxygens (including phenoxy) is 1. The van der Waals surface area contributed by atoms with E-state index < -0.39 is 5.91 Å². The molecule has 0 aromatic heterocycles. The van der Waals surface area contributed by atoms with Gasteiger partial charge in [0.05, 0.1) is 5.69 Å². The standard InChI is InChI=1S/C24H19ClN2O3/c1-15-5-4-6-16(11-15)14-26-23(28)18-9-10-21-20(12-18)27-24(29)22(30-21)13-17-7-2-3-8-19(17)25/h2-13H,14H2,1H3,(H,26,28)(H,27,29). The average Bonchev–Trinajstić information content (AvgIpc) is 2.74. The van der Waals surface area contributed by atoms with Gasteiger partial charge in [0.1, 0.15) is 0 Å². The molecule has 150 valence electrons. The van der Waals surface area contributed by atoms with Gasteiger partial charge in [-0.2, -0.15) is 0 Å². The molecule has 2 N–H and O–H groups in total. The average molecular weight is 419 g/mol. The largest absolute Gasteiger partial charge is 0.449 e. The topological polar surface area (TPSA) is 67.4 Å². The summed E-state index contributed by atoms with van der Waals surface area (Å²) < 4.78 is 5.74. The van der Waals surface area contributed by atoms with Crippen LogP contribution in [0.1, 0.15) is 27.0 Å². The summed E-state index contributed by atoms with van der Waals surface area (Å²) in [6, 6.07) is 20.0. The van der Waals surface area contributed by atoms with Crippen LogP contribution in [-0.2, 0) is 11.3 Å². The Morgan fingerprint density at radius 2 is 1.93 bits per heavy atom. The molecule has 1 aliphatic rings. The molecule has 1 aliphatic heterocycles. The molecule has 0 bridgehead atoms. The number of benzene rings is 3. The number of carbonyl (C=O) groups is 2. The van der Waals surface area contributed by atoms with Gasteiger partial charge in [-0.25, -0.2) is 0 Å². The number of hydrogen-bond donors (Lipinski definition) is 2. The van der Waals surface area contributed by atoms with Gasteiger partial charge in [-0.1, -0.05) is 59.6 Å². The fourth-order valence-corrected chi connectivity index (χ4v) is 3.33. The summed E-state index contributed by atoms with van der Waals surface area (Å²) in [6.07, 6.45) is 1.59. The molecule has 3 aromatic rings. The molecule has 5 nitrogen and oxygen atoms in total. The number of nitrogens with one attached hydrogen (secondary N) is 2. The molecule has 0 saturated carbocycles. The number of carbonyl (C=O) groups excluding carboxylic acids is 2. The molecule has 0 spiro atoms. The number of fused-ring (bicyclic) bond motifs is 1. The van der Waals surface area contributed by atoms with E-state index in [1.807, 2.05) is 43.3 Å². The second-order valence-electron chi connectivity index (χ2n) is 6.97. The summed E-state index contributed by atoms with van der Waals surface area (Å²) in [6.45, 7) is 2.43. The minimum Gasteiger partial charge on any atom is -0.449 e. The molecular weight excluding hydrogens is 400 g/mol. The van der Waals surface area contributed by atoms with Crippen molar-refractivity contribution in [3.05, 3.63) is 99.8 Å². The highest BCUT2D eigenvalue weighted by Gasteiger charge is 2.23. The van der Waals surface area contributed by atoms with Gasteiger partial charge in [0, 0.05) is 17.1 Å². The van der Waals surface area contributed by atoms with E-state index in [9.17, 15) is 9.59 Å². The van der Waals surface area contributed by atoms with Crippen LogP contribution in [0.5, 0.6) is 5.75 Å². The maximum Gasteiger partial charge on any atom is 0.291 e. The van der Waals surface area contributed by atoms with Crippen LogP contribution in [0.4, 0.5) is 5.69 Å². The normalized spacial score (nSPS) is 13.9. The Hall–Kier alpha value is -3.57. The van der Waals surface area contributed by atoms with E-state index in [-0.39, 0.29) is 11.7 Å². The quantitative estimate of drug-likeness (QED) is 0.589. The molecule has 30 heavy (non-hydrogen) atoms. The highest BCUT2D eigenvalue weighted by Crippen LogP contribution is 2.33. The minimum absolute atomic E-state index is 0.132. The van der Waals surface area contributed by atoms with E-state index in [0.29, 0.717) is 34.1 Å². The Morgan fingerprint density at radius 3 is 2.73 bits per heavy atom. The Morgan fingerprint density at radius 1 is 1.10 bits per heavy atom. The SMILES string of the molecule is Cc1cccc(CNC(=O)c2ccc3c(c2)NC(=O)C(=Cc2ccccc2Cl)O3)c1. The summed E-state index contributed by atoms with van der Waals surface area (Å²) in [5.74, 6) is -0.0407. The number of aryl methyl sites for hydroxylation is 1. The highest BCUT2D eigenvalue weighted by molar-refractivity contribution is 6.32. The van der Waals surface area contributed by atoms with Crippen molar-refractivity contribution in [2.24, 2.45) is 0 Å². The van der Waals surface area contributed by atoms with Gasteiger partial charge in [0.2, 0.25) is 0 Å². The van der Waals surface area contributed by atoms with Gasteiger partial charge in [-0.15, -0.1) is 0 Å². The van der Waals surface area contributed by atoms with Crippen molar-refractivity contribution in [3.8, 4) is 5.75 Å². The van der Waals surface area contributed by atoms with Crippen LogP contribution in [0, 0.1) is 6.92 Å². The molecule has 6 heteroatoms. The van der Waals surface area contributed by atoms with Crippen LogP contribution in [-0.4, -0.2) is 11.8 Å². The van der Waals surface area contributed by atoms with Crippen molar-refractivity contribution >= 4 is 35.2 Å². The molecular formula is C24H19ClN2O3. The highest BCUT2D eigenvalue weighted by atomic mass is 35.5. The molecule has 0 unspecified atom stereocenters. The fourth-order valence-electron chi connectivity index (χ4n) is 3.14. The second kappa shape index (κ2) is 8.43. The van der Waals surface area contributed by atoms with Crippen molar-refractivity contribution < 1.29 is 14.3 Å². The first-order valence-corrected chi connectivity index (χ1v) is 9.80. The van der Waals surface area contributed by atoms with Gasteiger partial charge < -0.3 is 15.4 Å². The third-order valence-corrected chi connectivity index (χ3v) is 5.01. The smallest absolute Gasteiger partial charge is 0.291 e. The maximum atomic E-state index is 12.5. The number of rotatable bonds is 4. The van der Waals surface area contributed by atoms with Crippen LogP contribution in [0.25, 0.3) is 6.08 Å². The van der Waals surface area contributed by atoms with Gasteiger partial charge in [0.15, 0.2) is 11.5 Å². The lowest BCUT2D eigenvalue weighted by Crippen LogP contribution is -2.25. The van der Waals surface area contributed by atoms with Crippen LogP contribution in [0.15, 0.2) is 72.5 Å². The summed E-state index contributed by atoms with van der Waals surface area (Å²) in [4.78, 5) is 25.0. The summed E-state index contributed by atoms with van der Waals surface area (Å²) in [5, 5.41) is 6.18. The fraction of sp³-hybridized carbons (Fsp3) is 0.0833. The van der Waals surface area contributed by atoms with Crippen molar-refractivity contribution in [1.29, 1.82) is 0 Å². The van der Waals surface area contributed by atoms with E-state index in [1.54, 1.807) is 36.4 Å². The van der Waals surface area contributed by atoms with Crippen molar-refractivity contribution in [2.45, 2.75) is 13.5 Å². The van der Waals surface area contributed by atoms with E-state index in [4.69, 9.17) is 16.3 Å². The summed E-state index contributed by atoms with van der Waals surface area (Å²) in [5.41, 5.74) is 3.71. The predicted molar refractivity (Wildman–Crippen MR) is 117 cm³/mol. The molecule has 1 heterocycles. The molecule has 4 rings (SSSR count). The van der Waals surface area contributed by atoms with E-state index in [1.165, 1.54) is 0 Å².